The van der Waals surface area contributed by atoms with Crippen LogP contribution in [0, 0.1) is 24.7 Å². The fourth-order valence-corrected chi connectivity index (χ4v) is 5.87. The minimum absolute atomic E-state index is 0.0429. The zero-order valence-corrected chi connectivity index (χ0v) is 23.6. The fraction of sp³-hybridized carbons (Fsp3) is 0.586. The molecular formula is C29H39ClN2O5. The predicted molar refractivity (Wildman–Crippen MR) is 145 cm³/mol. The molecule has 0 aliphatic carbocycles. The number of ether oxygens (including phenoxy) is 2. The highest BCUT2D eigenvalue weighted by Gasteiger charge is 2.61. The van der Waals surface area contributed by atoms with E-state index in [4.69, 9.17) is 21.1 Å². The number of aryl methyl sites for hydroxylation is 1. The van der Waals surface area contributed by atoms with Crippen molar-refractivity contribution in [3.05, 3.63) is 52.1 Å². The van der Waals surface area contributed by atoms with Gasteiger partial charge in [0.25, 0.3) is 0 Å². The van der Waals surface area contributed by atoms with Gasteiger partial charge in [-0.1, -0.05) is 62.2 Å². The van der Waals surface area contributed by atoms with E-state index in [0.717, 1.165) is 16.7 Å². The number of halogens is 1. The Kier molecular flexibility index (Phi) is 7.54. The summed E-state index contributed by atoms with van der Waals surface area (Å²) < 4.78 is 11.8. The summed E-state index contributed by atoms with van der Waals surface area (Å²) in [5, 5.41) is 14.6. The number of allylic oxidation sites excluding steroid dienone is 3. The number of nitrogens with one attached hydrogen (secondary N) is 1. The smallest absolute Gasteiger partial charge is 0.409 e. The lowest BCUT2D eigenvalue weighted by molar-refractivity contribution is -0.119. The average Bonchev–Trinajstić information content (AvgIpc) is 3.51. The van der Waals surface area contributed by atoms with Gasteiger partial charge in [-0.25, -0.2) is 4.79 Å². The van der Waals surface area contributed by atoms with Crippen molar-refractivity contribution in [2.75, 3.05) is 11.9 Å². The number of nitrogens with zero attached hydrogens (tertiary/aromatic N) is 1. The maximum Gasteiger partial charge on any atom is 0.409 e. The molecule has 202 valence electrons. The Balaban J connectivity index is 1.71. The van der Waals surface area contributed by atoms with E-state index < -0.39 is 23.5 Å². The first-order chi connectivity index (χ1) is 17.2. The van der Waals surface area contributed by atoms with Gasteiger partial charge in [-0.3, -0.25) is 10.1 Å². The normalized spacial score (nSPS) is 39.1. The van der Waals surface area contributed by atoms with Gasteiger partial charge in [0.1, 0.15) is 11.8 Å². The molecule has 3 aliphatic heterocycles. The van der Waals surface area contributed by atoms with Crippen LogP contribution in [-0.2, 0) is 20.7 Å². The fourth-order valence-electron chi connectivity index (χ4n) is 5.63. The molecule has 4 rings (SSSR count). The summed E-state index contributed by atoms with van der Waals surface area (Å²) in [4.78, 5) is 27.4. The molecule has 1 aromatic rings. The number of hydrogen-bond acceptors (Lipinski definition) is 5. The second-order valence-electron chi connectivity index (χ2n) is 11.4. The molecule has 8 heteroatoms. The minimum atomic E-state index is -1.44. The van der Waals surface area contributed by atoms with Crippen molar-refractivity contribution in [2.45, 2.75) is 84.3 Å². The zero-order valence-electron chi connectivity index (χ0n) is 22.8. The van der Waals surface area contributed by atoms with E-state index in [9.17, 15) is 14.7 Å². The number of carbonyl (C=O) groups is 2. The Morgan fingerprint density at radius 3 is 2.59 bits per heavy atom. The Morgan fingerprint density at radius 2 is 1.89 bits per heavy atom. The van der Waals surface area contributed by atoms with E-state index in [0.29, 0.717) is 17.1 Å². The Hall–Kier alpha value is -2.35. The molecule has 0 saturated carbocycles. The molecule has 1 aromatic carbocycles. The van der Waals surface area contributed by atoms with Crippen molar-refractivity contribution >= 4 is 29.3 Å². The van der Waals surface area contributed by atoms with Crippen molar-refractivity contribution in [2.24, 2.45) is 17.8 Å². The number of carbonyl (C=O) groups excluding carboxylic acids is 2. The molecular weight excluding hydrogens is 492 g/mol. The van der Waals surface area contributed by atoms with E-state index in [1.54, 1.807) is 11.9 Å². The maximum absolute atomic E-state index is 13.4. The number of benzene rings is 1. The standard InChI is InChI=1S/C29H39ClN2O5/c1-16-9-8-10-18(3)29(35)15-23(36-27(34)31-29)20(5)26-28(6,37-26)19(4)13-24(33)32(7)22-14-21(11-16)12-17(2)25(22)30/h8-10,12,14,18-20,23,26,35H,11,13,15H2,1-7H3,(H,31,34)/b10-8+,16-9-/t18-,19+,20-,23+,26+,28-,29-/m1/s1. The lowest BCUT2D eigenvalue weighted by Crippen LogP contribution is -2.60. The second-order valence-corrected chi connectivity index (χ2v) is 11.8. The first kappa shape index (κ1) is 27.7. The number of rotatable bonds is 0. The number of hydrogen-bond donors (Lipinski definition) is 2. The van der Waals surface area contributed by atoms with Crippen molar-refractivity contribution in [1.29, 1.82) is 0 Å². The number of fused-ring (bicyclic) bond motifs is 5. The number of epoxide rings is 1. The number of anilines is 1. The molecule has 3 aliphatic rings. The highest BCUT2D eigenvalue weighted by atomic mass is 35.5. The van der Waals surface area contributed by atoms with Crippen molar-refractivity contribution in [1.82, 2.24) is 5.32 Å². The van der Waals surface area contributed by atoms with Crippen LogP contribution < -0.4 is 10.2 Å². The summed E-state index contributed by atoms with van der Waals surface area (Å²) in [5.74, 6) is -0.628. The van der Waals surface area contributed by atoms with Crippen molar-refractivity contribution in [3.63, 3.8) is 0 Å². The summed E-state index contributed by atoms with van der Waals surface area (Å²) in [6.45, 7) is 11.9. The van der Waals surface area contributed by atoms with Crippen molar-refractivity contribution in [3.8, 4) is 0 Å². The Labute approximate surface area is 224 Å². The SMILES string of the molecule is C/C1=C/C=C/[C@@H](C)[C@]2(O)C[C@H](OC(=O)N2)[C@@H](C)[C@@H]2O[C@]2(C)[C@@H](C)CC(=O)N(C)c2cc(cc(C)c2Cl)C1. The number of aliphatic hydroxyl groups is 1. The molecule has 2 amide bonds. The van der Waals surface area contributed by atoms with Gasteiger partial charge in [-0.05, 0) is 50.3 Å². The third-order valence-electron chi connectivity index (χ3n) is 8.55. The van der Waals surface area contributed by atoms with Crippen LogP contribution in [0.2, 0.25) is 5.02 Å². The van der Waals surface area contributed by atoms with Gasteiger partial charge < -0.3 is 19.5 Å². The van der Waals surface area contributed by atoms with E-state index in [2.05, 4.69) is 5.32 Å². The van der Waals surface area contributed by atoms with Crippen LogP contribution in [0.1, 0.15) is 58.6 Å². The topological polar surface area (TPSA) is 91.4 Å². The minimum Gasteiger partial charge on any atom is -0.446 e. The highest BCUT2D eigenvalue weighted by molar-refractivity contribution is 6.34. The first-order valence-corrected chi connectivity index (χ1v) is 13.4. The molecule has 0 aromatic heterocycles. The third kappa shape index (κ3) is 5.45. The molecule has 3 heterocycles. The van der Waals surface area contributed by atoms with Crippen LogP contribution in [0.3, 0.4) is 0 Å². The quantitative estimate of drug-likeness (QED) is 0.443. The van der Waals surface area contributed by atoms with Crippen LogP contribution in [0.15, 0.2) is 35.9 Å². The highest BCUT2D eigenvalue weighted by Crippen LogP contribution is 2.50. The number of amides is 2. The first-order valence-electron chi connectivity index (χ1n) is 13.0. The summed E-state index contributed by atoms with van der Waals surface area (Å²) in [5.41, 5.74) is 1.81. The van der Waals surface area contributed by atoms with Crippen LogP contribution >= 0.6 is 11.6 Å². The van der Waals surface area contributed by atoms with Crippen molar-refractivity contribution < 1.29 is 24.2 Å². The van der Waals surface area contributed by atoms with Crippen LogP contribution in [-0.4, -0.2) is 47.7 Å². The largest absolute Gasteiger partial charge is 0.446 e. The lowest BCUT2D eigenvalue weighted by Gasteiger charge is -2.41. The van der Waals surface area contributed by atoms with E-state index >= 15 is 0 Å². The van der Waals surface area contributed by atoms with Crippen LogP contribution in [0.4, 0.5) is 10.5 Å². The molecule has 0 unspecified atom stereocenters. The Morgan fingerprint density at radius 1 is 1.19 bits per heavy atom. The maximum atomic E-state index is 13.4. The molecule has 0 spiro atoms. The third-order valence-corrected chi connectivity index (χ3v) is 9.04. The summed E-state index contributed by atoms with van der Waals surface area (Å²) in [6.07, 6.45) is 5.66. The zero-order chi connectivity index (χ0) is 27.3. The molecule has 7 atom stereocenters. The van der Waals surface area contributed by atoms with Crippen LogP contribution in [0.5, 0.6) is 0 Å². The van der Waals surface area contributed by atoms with Gasteiger partial charge in [0.2, 0.25) is 5.91 Å². The van der Waals surface area contributed by atoms with Gasteiger partial charge >= 0.3 is 6.09 Å². The molecule has 4 bridgehead atoms. The monoisotopic (exact) mass is 530 g/mol. The lowest BCUT2D eigenvalue weighted by atomic mass is 9.80. The van der Waals surface area contributed by atoms with E-state index in [-0.39, 0.29) is 42.6 Å². The van der Waals surface area contributed by atoms with Crippen LogP contribution in [0.25, 0.3) is 0 Å². The molecule has 37 heavy (non-hydrogen) atoms. The molecule has 2 saturated heterocycles. The summed E-state index contributed by atoms with van der Waals surface area (Å²) in [7, 11) is 1.76. The summed E-state index contributed by atoms with van der Waals surface area (Å²) >= 11 is 6.65. The summed E-state index contributed by atoms with van der Waals surface area (Å²) in [6, 6.07) is 4.03. The molecule has 2 N–H and O–H groups in total. The van der Waals surface area contributed by atoms with Gasteiger partial charge in [-0.15, -0.1) is 0 Å². The molecule has 2 fully saturated rings. The van der Waals surface area contributed by atoms with E-state index in [1.165, 1.54) is 0 Å². The predicted octanol–water partition coefficient (Wildman–Crippen LogP) is 5.31. The Bertz CT molecular complexity index is 1150. The van der Waals surface area contributed by atoms with Gasteiger partial charge in [0, 0.05) is 31.7 Å². The van der Waals surface area contributed by atoms with Gasteiger partial charge in [0.05, 0.1) is 22.4 Å². The van der Waals surface area contributed by atoms with E-state index in [1.807, 2.05) is 71.9 Å². The van der Waals surface area contributed by atoms with Gasteiger partial charge in [-0.2, -0.15) is 0 Å². The molecule has 7 nitrogen and oxygen atoms in total. The average molecular weight is 531 g/mol. The number of alkyl carbamates (subject to hydrolysis) is 1. The second kappa shape index (κ2) is 10.1. The molecule has 0 radical (unpaired) electrons. The van der Waals surface area contributed by atoms with Gasteiger partial charge in [0.15, 0.2) is 0 Å².